The van der Waals surface area contributed by atoms with Gasteiger partial charge in [0.15, 0.2) is 5.69 Å². The number of rotatable bonds is 1. The summed E-state index contributed by atoms with van der Waals surface area (Å²) in [6.45, 7) is 11.8. The summed E-state index contributed by atoms with van der Waals surface area (Å²) in [7, 11) is 0. The molecule has 0 heterocycles. The van der Waals surface area contributed by atoms with E-state index in [9.17, 15) is 15.5 Å². The molecule has 102 valence electrons. The van der Waals surface area contributed by atoms with Crippen LogP contribution in [-0.2, 0) is 10.8 Å². The summed E-state index contributed by atoms with van der Waals surface area (Å²) in [6, 6.07) is 3.12. The first kappa shape index (κ1) is 15.0. The Morgan fingerprint density at radius 2 is 1.28 bits per heavy atom. The number of quaternary nitrogens is 1. The van der Waals surface area contributed by atoms with Crippen molar-refractivity contribution in [2.24, 2.45) is 0 Å². The maximum atomic E-state index is 11.2. The van der Waals surface area contributed by atoms with E-state index < -0.39 is 5.23 Å². The van der Waals surface area contributed by atoms with Crippen LogP contribution in [0.25, 0.3) is 0 Å². The summed E-state index contributed by atoms with van der Waals surface area (Å²) >= 11 is 0. The zero-order chi connectivity index (χ0) is 14.3. The molecule has 0 spiro atoms. The smallest absolute Gasteiger partial charge is 0.164 e. The Labute approximate surface area is 108 Å². The standard InChI is InChI=1S/C14H23NO3/c1-13(2,3)10-7-9(15(17)18)8-11(12(10)16)14(4,5)6/h7-8,15-17H,1-6H3. The molecular weight excluding hydrogens is 230 g/mol. The van der Waals surface area contributed by atoms with E-state index in [4.69, 9.17) is 0 Å². The average Bonchev–Trinajstić information content (AvgIpc) is 2.13. The van der Waals surface area contributed by atoms with E-state index in [0.29, 0.717) is 11.1 Å². The van der Waals surface area contributed by atoms with Crippen molar-refractivity contribution in [2.75, 3.05) is 0 Å². The Morgan fingerprint density at radius 1 is 0.944 bits per heavy atom. The second-order valence-electron chi connectivity index (χ2n) is 6.73. The molecule has 0 bridgehead atoms. The van der Waals surface area contributed by atoms with Gasteiger partial charge in [0.1, 0.15) is 5.75 Å². The van der Waals surface area contributed by atoms with Gasteiger partial charge in [0.2, 0.25) is 0 Å². The van der Waals surface area contributed by atoms with Gasteiger partial charge >= 0.3 is 0 Å². The zero-order valence-corrected chi connectivity index (χ0v) is 12.0. The minimum Gasteiger partial charge on any atom is -0.595 e. The number of phenols is 1. The van der Waals surface area contributed by atoms with Crippen molar-refractivity contribution < 1.29 is 15.5 Å². The van der Waals surface area contributed by atoms with E-state index in [1.165, 1.54) is 0 Å². The molecule has 0 aliphatic carbocycles. The Morgan fingerprint density at radius 3 is 1.50 bits per heavy atom. The SMILES string of the molecule is CC(C)(C)c1cc([NH+]([O-])O)cc(C(C)(C)C)c1O. The second-order valence-corrected chi connectivity index (χ2v) is 6.73. The van der Waals surface area contributed by atoms with E-state index in [1.54, 1.807) is 12.1 Å². The average molecular weight is 253 g/mol. The quantitative estimate of drug-likeness (QED) is 0.532. The molecular formula is C14H23NO3. The highest BCUT2D eigenvalue weighted by molar-refractivity contribution is 5.54. The fourth-order valence-corrected chi connectivity index (χ4v) is 1.90. The summed E-state index contributed by atoms with van der Waals surface area (Å²) in [6.07, 6.45) is 0. The Bertz CT molecular complexity index is 404. The summed E-state index contributed by atoms with van der Waals surface area (Å²) in [4.78, 5) is 0. The van der Waals surface area contributed by atoms with Gasteiger partial charge in [-0.1, -0.05) is 41.5 Å². The van der Waals surface area contributed by atoms with Gasteiger partial charge in [-0.25, -0.2) is 5.21 Å². The van der Waals surface area contributed by atoms with Crippen molar-refractivity contribution in [3.05, 3.63) is 28.5 Å². The first-order valence-corrected chi connectivity index (χ1v) is 6.06. The van der Waals surface area contributed by atoms with Gasteiger partial charge in [-0.05, 0) is 10.8 Å². The van der Waals surface area contributed by atoms with Crippen molar-refractivity contribution in [3.63, 3.8) is 0 Å². The molecule has 0 aliphatic heterocycles. The Kier molecular flexibility index (Phi) is 3.77. The largest absolute Gasteiger partial charge is 0.595 e. The van der Waals surface area contributed by atoms with Crippen LogP contribution in [-0.4, -0.2) is 10.3 Å². The third-order valence-corrected chi connectivity index (χ3v) is 2.97. The number of nitrogens with one attached hydrogen (secondary N) is 1. The molecule has 3 N–H and O–H groups in total. The van der Waals surface area contributed by atoms with Crippen LogP contribution >= 0.6 is 0 Å². The lowest BCUT2D eigenvalue weighted by Crippen LogP contribution is -2.99. The molecule has 18 heavy (non-hydrogen) atoms. The highest BCUT2D eigenvalue weighted by Gasteiger charge is 2.27. The molecule has 1 unspecified atom stereocenters. The van der Waals surface area contributed by atoms with Crippen LogP contribution in [0.4, 0.5) is 5.69 Å². The number of hydrogen-bond donors (Lipinski definition) is 3. The number of hydrogen-bond acceptors (Lipinski definition) is 3. The summed E-state index contributed by atoms with van der Waals surface area (Å²) in [5, 5.41) is 29.8. The summed E-state index contributed by atoms with van der Waals surface area (Å²) < 4.78 is 0. The van der Waals surface area contributed by atoms with E-state index in [2.05, 4.69) is 0 Å². The second kappa shape index (κ2) is 4.53. The fraction of sp³-hybridized carbons (Fsp3) is 0.571. The van der Waals surface area contributed by atoms with E-state index in [0.717, 1.165) is 0 Å². The molecule has 0 aliphatic rings. The minimum atomic E-state index is -0.967. The number of benzene rings is 1. The molecule has 1 atom stereocenters. The molecule has 0 amide bonds. The molecule has 0 radical (unpaired) electrons. The van der Waals surface area contributed by atoms with Crippen LogP contribution in [0.1, 0.15) is 52.7 Å². The minimum absolute atomic E-state index is 0.208. The Balaban J connectivity index is 3.59. The molecule has 0 saturated heterocycles. The van der Waals surface area contributed by atoms with E-state index >= 15 is 0 Å². The highest BCUT2D eigenvalue weighted by atomic mass is 16.8. The van der Waals surface area contributed by atoms with Gasteiger partial charge in [0.25, 0.3) is 0 Å². The first-order chi connectivity index (χ1) is 7.94. The summed E-state index contributed by atoms with van der Waals surface area (Å²) in [5.41, 5.74) is 0.979. The lowest BCUT2D eigenvalue weighted by atomic mass is 9.79. The maximum absolute atomic E-state index is 11.2. The maximum Gasteiger partial charge on any atom is 0.164 e. The van der Waals surface area contributed by atoms with E-state index in [-0.39, 0.29) is 22.3 Å². The molecule has 0 aromatic heterocycles. The normalized spacial score (nSPS) is 14.7. The van der Waals surface area contributed by atoms with Crippen molar-refractivity contribution in [3.8, 4) is 5.75 Å². The fourth-order valence-electron chi connectivity index (χ4n) is 1.90. The molecule has 4 nitrogen and oxygen atoms in total. The zero-order valence-electron chi connectivity index (χ0n) is 12.0. The third-order valence-electron chi connectivity index (χ3n) is 2.97. The van der Waals surface area contributed by atoms with Gasteiger partial charge in [0, 0.05) is 23.3 Å². The van der Waals surface area contributed by atoms with Crippen LogP contribution in [0.15, 0.2) is 12.1 Å². The first-order valence-electron chi connectivity index (χ1n) is 6.06. The van der Waals surface area contributed by atoms with Crippen molar-refractivity contribution in [1.82, 2.24) is 0 Å². The highest BCUT2D eigenvalue weighted by Crippen LogP contribution is 2.40. The van der Waals surface area contributed by atoms with Crippen LogP contribution in [0.5, 0.6) is 5.75 Å². The van der Waals surface area contributed by atoms with Crippen molar-refractivity contribution >= 4 is 5.69 Å². The summed E-state index contributed by atoms with van der Waals surface area (Å²) in [5.74, 6) is 0.208. The van der Waals surface area contributed by atoms with Gasteiger partial charge in [-0.2, -0.15) is 5.23 Å². The van der Waals surface area contributed by atoms with Crippen LogP contribution in [0.3, 0.4) is 0 Å². The topological polar surface area (TPSA) is 68.0 Å². The van der Waals surface area contributed by atoms with Crippen molar-refractivity contribution in [2.45, 2.75) is 52.4 Å². The molecule has 0 fully saturated rings. The van der Waals surface area contributed by atoms with Crippen LogP contribution in [0, 0.1) is 5.21 Å². The van der Waals surface area contributed by atoms with Gasteiger partial charge in [-0.3, -0.25) is 0 Å². The lowest BCUT2D eigenvalue weighted by molar-refractivity contribution is -0.991. The van der Waals surface area contributed by atoms with Gasteiger partial charge in [0.05, 0.1) is 0 Å². The lowest BCUT2D eigenvalue weighted by Gasteiger charge is -2.28. The number of aromatic hydroxyl groups is 1. The predicted molar refractivity (Wildman–Crippen MR) is 71.3 cm³/mol. The third kappa shape index (κ3) is 3.02. The molecule has 4 heteroatoms. The number of phenolic OH excluding ortho intramolecular Hbond substituents is 1. The predicted octanol–water partition coefficient (Wildman–Crippen LogP) is 2.39. The molecule has 1 aromatic carbocycles. The molecule has 1 rings (SSSR count). The van der Waals surface area contributed by atoms with Gasteiger partial charge < -0.3 is 10.3 Å². The molecule has 0 saturated carbocycles. The van der Waals surface area contributed by atoms with E-state index in [1.807, 2.05) is 41.5 Å². The molecule has 1 aromatic rings. The Hall–Kier alpha value is -1.10. The van der Waals surface area contributed by atoms with Crippen LogP contribution < -0.4 is 5.23 Å². The van der Waals surface area contributed by atoms with Gasteiger partial charge in [-0.15, -0.1) is 0 Å². The van der Waals surface area contributed by atoms with Crippen LogP contribution in [0.2, 0.25) is 0 Å². The monoisotopic (exact) mass is 253 g/mol. The van der Waals surface area contributed by atoms with Crippen molar-refractivity contribution in [1.29, 1.82) is 0 Å².